The van der Waals surface area contributed by atoms with Crippen LogP contribution >= 0.6 is 22.9 Å². The van der Waals surface area contributed by atoms with Gasteiger partial charge in [-0.3, -0.25) is 4.90 Å². The summed E-state index contributed by atoms with van der Waals surface area (Å²) in [5.74, 6) is 0. The molecule has 1 heterocycles. The molecule has 3 nitrogen and oxygen atoms in total. The van der Waals surface area contributed by atoms with Crippen LogP contribution in [0.4, 0.5) is 0 Å². The molecule has 0 unspecified atom stereocenters. The van der Waals surface area contributed by atoms with Crippen molar-refractivity contribution < 1.29 is 0 Å². The third-order valence-electron chi connectivity index (χ3n) is 3.05. The molecular weight excluding hydrogens is 278 g/mol. The van der Waals surface area contributed by atoms with E-state index >= 15 is 0 Å². The smallest absolute Gasteiger partial charge is 0.0798 e. The van der Waals surface area contributed by atoms with Crippen molar-refractivity contribution in [2.24, 2.45) is 5.73 Å². The number of rotatable bonds is 5. The third-order valence-corrected chi connectivity index (χ3v) is 4.32. The number of hydrogen-bond acceptors (Lipinski definition) is 4. The third kappa shape index (κ3) is 3.76. The lowest BCUT2D eigenvalue weighted by Crippen LogP contribution is -2.17. The number of benzene rings is 1. The van der Waals surface area contributed by atoms with Gasteiger partial charge in [0.2, 0.25) is 0 Å². The predicted octanol–water partition coefficient (Wildman–Crippen LogP) is 3.20. The Hall–Kier alpha value is -0.940. The van der Waals surface area contributed by atoms with Gasteiger partial charge < -0.3 is 5.73 Å². The number of halogens is 1. The Morgan fingerprint density at radius 3 is 2.74 bits per heavy atom. The maximum Gasteiger partial charge on any atom is 0.0798 e. The first-order valence-corrected chi connectivity index (χ1v) is 7.40. The molecule has 0 fully saturated rings. The molecule has 2 rings (SSSR count). The van der Waals surface area contributed by atoms with E-state index in [9.17, 15) is 0 Å². The molecule has 0 radical (unpaired) electrons. The summed E-state index contributed by atoms with van der Waals surface area (Å²) in [6.07, 6.45) is 0. The normalized spacial score (nSPS) is 11.2. The van der Waals surface area contributed by atoms with Crippen LogP contribution in [-0.4, -0.2) is 16.9 Å². The summed E-state index contributed by atoms with van der Waals surface area (Å²) in [6.45, 7) is 4.28. The van der Waals surface area contributed by atoms with E-state index < -0.39 is 0 Å². The zero-order valence-corrected chi connectivity index (χ0v) is 12.8. The second kappa shape index (κ2) is 6.48. The summed E-state index contributed by atoms with van der Waals surface area (Å²) in [7, 11) is 2.09. The highest BCUT2D eigenvalue weighted by molar-refractivity contribution is 7.09. The van der Waals surface area contributed by atoms with Gasteiger partial charge in [-0.2, -0.15) is 0 Å². The molecule has 0 aliphatic carbocycles. The molecule has 102 valence electrons. The van der Waals surface area contributed by atoms with Crippen molar-refractivity contribution in [3.05, 3.63) is 50.4 Å². The van der Waals surface area contributed by atoms with Crippen LogP contribution in [0.1, 0.15) is 21.7 Å². The van der Waals surface area contributed by atoms with Crippen molar-refractivity contribution >= 4 is 22.9 Å². The van der Waals surface area contributed by atoms with Gasteiger partial charge in [-0.05, 0) is 31.2 Å². The van der Waals surface area contributed by atoms with Gasteiger partial charge in [-0.25, -0.2) is 4.98 Å². The molecule has 0 atom stereocenters. The quantitative estimate of drug-likeness (QED) is 0.921. The number of nitrogens with two attached hydrogens (primary N) is 1. The number of aryl methyl sites for hydroxylation is 1. The minimum absolute atomic E-state index is 0.524. The zero-order chi connectivity index (χ0) is 13.8. The summed E-state index contributed by atoms with van der Waals surface area (Å²) in [6, 6.07) is 6.04. The van der Waals surface area contributed by atoms with Crippen LogP contribution in [0.25, 0.3) is 0 Å². The lowest BCUT2D eigenvalue weighted by molar-refractivity contribution is 0.321. The van der Waals surface area contributed by atoms with E-state index in [0.29, 0.717) is 6.54 Å². The van der Waals surface area contributed by atoms with E-state index in [1.165, 1.54) is 4.88 Å². The highest BCUT2D eigenvalue weighted by Gasteiger charge is 2.08. The first-order valence-electron chi connectivity index (χ1n) is 6.15. The molecule has 0 aliphatic rings. The maximum absolute atomic E-state index is 6.27. The van der Waals surface area contributed by atoms with Crippen LogP contribution in [0.5, 0.6) is 0 Å². The lowest BCUT2D eigenvalue weighted by atomic mass is 10.1. The molecule has 2 N–H and O–H groups in total. The summed E-state index contributed by atoms with van der Waals surface area (Å²) in [5, 5.41) is 0.788. The summed E-state index contributed by atoms with van der Waals surface area (Å²) >= 11 is 7.97. The highest BCUT2D eigenvalue weighted by Crippen LogP contribution is 2.21. The molecule has 1 aromatic heterocycles. The minimum atomic E-state index is 0.524. The van der Waals surface area contributed by atoms with E-state index in [0.717, 1.165) is 34.9 Å². The largest absolute Gasteiger partial charge is 0.326 e. The topological polar surface area (TPSA) is 42.2 Å². The number of aromatic nitrogens is 1. The van der Waals surface area contributed by atoms with Crippen LogP contribution in [0.2, 0.25) is 5.02 Å². The maximum atomic E-state index is 6.27. The van der Waals surface area contributed by atoms with Crippen molar-refractivity contribution in [3.63, 3.8) is 0 Å². The molecule has 19 heavy (non-hydrogen) atoms. The fraction of sp³-hybridized carbons (Fsp3) is 0.357. The molecule has 0 spiro atoms. The first-order chi connectivity index (χ1) is 9.10. The molecule has 0 saturated heterocycles. The lowest BCUT2D eigenvalue weighted by Gasteiger charge is -2.17. The van der Waals surface area contributed by atoms with E-state index in [4.69, 9.17) is 17.3 Å². The molecule has 0 aliphatic heterocycles. The Balaban J connectivity index is 2.03. The fourth-order valence-electron chi connectivity index (χ4n) is 1.92. The molecular formula is C14H18ClN3S. The zero-order valence-electron chi connectivity index (χ0n) is 11.2. The van der Waals surface area contributed by atoms with E-state index in [1.54, 1.807) is 11.3 Å². The van der Waals surface area contributed by atoms with E-state index in [2.05, 4.69) is 23.0 Å². The highest BCUT2D eigenvalue weighted by atomic mass is 35.5. The van der Waals surface area contributed by atoms with E-state index in [1.807, 2.05) is 24.6 Å². The molecule has 1 aromatic carbocycles. The predicted molar refractivity (Wildman–Crippen MR) is 81.4 cm³/mol. The van der Waals surface area contributed by atoms with Crippen molar-refractivity contribution in [2.75, 3.05) is 7.05 Å². The van der Waals surface area contributed by atoms with Gasteiger partial charge in [-0.1, -0.05) is 23.7 Å². The monoisotopic (exact) mass is 295 g/mol. The summed E-state index contributed by atoms with van der Waals surface area (Å²) in [4.78, 5) is 7.81. The Labute approximate surface area is 123 Å². The van der Waals surface area contributed by atoms with Crippen LogP contribution in [0.15, 0.2) is 23.7 Å². The molecule has 0 saturated carbocycles. The van der Waals surface area contributed by atoms with Gasteiger partial charge in [0.1, 0.15) is 0 Å². The van der Waals surface area contributed by atoms with Crippen LogP contribution in [0, 0.1) is 6.92 Å². The van der Waals surface area contributed by atoms with Gasteiger partial charge in [0.05, 0.1) is 11.2 Å². The standard InChI is InChI=1S/C14H18ClN3S/c1-10-14(19-9-17-10)8-18(2)7-12-4-3-11(6-16)5-13(12)15/h3-5,9H,6-8,16H2,1-2H3. The molecule has 2 aromatic rings. The van der Waals surface area contributed by atoms with Gasteiger partial charge in [0.15, 0.2) is 0 Å². The summed E-state index contributed by atoms with van der Waals surface area (Å²) in [5.41, 5.74) is 10.8. The van der Waals surface area contributed by atoms with Gasteiger partial charge in [0.25, 0.3) is 0 Å². The fourth-order valence-corrected chi connectivity index (χ4v) is 3.03. The minimum Gasteiger partial charge on any atom is -0.326 e. The number of nitrogens with zero attached hydrogens (tertiary/aromatic N) is 2. The average Bonchev–Trinajstić information content (AvgIpc) is 2.77. The van der Waals surface area contributed by atoms with Gasteiger partial charge in [0, 0.05) is 29.5 Å². The molecule has 0 amide bonds. The van der Waals surface area contributed by atoms with Crippen molar-refractivity contribution in [1.29, 1.82) is 0 Å². The Morgan fingerprint density at radius 2 is 2.16 bits per heavy atom. The van der Waals surface area contributed by atoms with Crippen molar-refractivity contribution in [3.8, 4) is 0 Å². The Morgan fingerprint density at radius 1 is 1.37 bits per heavy atom. The van der Waals surface area contributed by atoms with E-state index in [-0.39, 0.29) is 0 Å². The first kappa shape index (κ1) is 14.5. The SMILES string of the molecule is Cc1ncsc1CN(C)Cc1ccc(CN)cc1Cl. The van der Waals surface area contributed by atoms with Crippen molar-refractivity contribution in [1.82, 2.24) is 9.88 Å². The van der Waals surface area contributed by atoms with Crippen LogP contribution in [-0.2, 0) is 19.6 Å². The van der Waals surface area contributed by atoms with Crippen molar-refractivity contribution in [2.45, 2.75) is 26.6 Å². The molecule has 5 heteroatoms. The van der Waals surface area contributed by atoms with Crippen LogP contribution < -0.4 is 5.73 Å². The second-order valence-electron chi connectivity index (χ2n) is 4.66. The second-order valence-corrected chi connectivity index (χ2v) is 6.01. The Bertz CT molecular complexity index is 553. The average molecular weight is 296 g/mol. The number of thiazole rings is 1. The summed E-state index contributed by atoms with van der Waals surface area (Å²) < 4.78 is 0. The van der Waals surface area contributed by atoms with Crippen LogP contribution in [0.3, 0.4) is 0 Å². The Kier molecular flexibility index (Phi) is 4.93. The molecule has 0 bridgehead atoms. The van der Waals surface area contributed by atoms with Gasteiger partial charge >= 0.3 is 0 Å². The number of hydrogen-bond donors (Lipinski definition) is 1. The van der Waals surface area contributed by atoms with Gasteiger partial charge in [-0.15, -0.1) is 11.3 Å².